The normalized spacial score (nSPS) is 15.6. The lowest BCUT2D eigenvalue weighted by Gasteiger charge is -2.37. The highest BCUT2D eigenvalue weighted by atomic mass is 31.2. The van der Waals surface area contributed by atoms with E-state index in [1.807, 2.05) is 67.0 Å². The minimum absolute atomic E-state index is 0.113. The van der Waals surface area contributed by atoms with Gasteiger partial charge in [-0.3, -0.25) is 0 Å². The van der Waals surface area contributed by atoms with Gasteiger partial charge in [-0.15, -0.1) is 0 Å². The molecule has 1 unspecified atom stereocenters. The van der Waals surface area contributed by atoms with Crippen molar-refractivity contribution in [2.75, 3.05) is 29.5 Å². The van der Waals surface area contributed by atoms with Crippen LogP contribution in [0.1, 0.15) is 46.0 Å². The van der Waals surface area contributed by atoms with Gasteiger partial charge in [0.1, 0.15) is 18.0 Å². The predicted molar refractivity (Wildman–Crippen MR) is 207 cm³/mol. The molecule has 1 N–H and O–H groups in total. The van der Waals surface area contributed by atoms with E-state index in [1.54, 1.807) is 53.4 Å². The van der Waals surface area contributed by atoms with Crippen LogP contribution in [0.5, 0.6) is 11.5 Å². The number of rotatable bonds is 12. The second kappa shape index (κ2) is 15.4. The predicted octanol–water partition coefficient (Wildman–Crippen LogP) is 7.09. The van der Waals surface area contributed by atoms with Crippen LogP contribution in [0, 0.1) is 0 Å². The summed E-state index contributed by atoms with van der Waals surface area (Å²) in [5.74, 6) is 0.495. The van der Waals surface area contributed by atoms with E-state index < -0.39 is 37.1 Å². The number of nitrogens with one attached hydrogen (secondary N) is 1. The number of hydrogen-bond donors (Lipinski definition) is 1. The summed E-state index contributed by atoms with van der Waals surface area (Å²) >= 11 is 0. The van der Waals surface area contributed by atoms with Crippen LogP contribution in [0.3, 0.4) is 0 Å². The molecular formula is C44H38F3N4O6P. The Morgan fingerprint density at radius 2 is 1.45 bits per heavy atom. The number of carbonyl (C=O) groups excluding carboxylic acids is 1. The lowest BCUT2D eigenvalue weighted by atomic mass is 9.77. The number of fused-ring (bicyclic) bond motifs is 6. The van der Waals surface area contributed by atoms with Crippen molar-refractivity contribution in [1.29, 1.82) is 0 Å². The third kappa shape index (κ3) is 7.80. The molecule has 0 aliphatic carbocycles. The number of pyridine rings is 2. The Morgan fingerprint density at radius 1 is 0.759 bits per heavy atom. The first-order valence-corrected chi connectivity index (χ1v) is 20.5. The van der Waals surface area contributed by atoms with Gasteiger partial charge >= 0.3 is 12.1 Å². The fourth-order valence-electron chi connectivity index (χ4n) is 7.63. The van der Waals surface area contributed by atoms with Crippen molar-refractivity contribution < 1.29 is 50.9 Å². The van der Waals surface area contributed by atoms with E-state index >= 15 is 0 Å². The monoisotopic (exact) mass is 806 g/mol. The molecule has 0 saturated heterocycles. The Balaban J connectivity index is 1.01. The van der Waals surface area contributed by atoms with Gasteiger partial charge in [0, 0.05) is 89.8 Å². The van der Waals surface area contributed by atoms with Gasteiger partial charge in [-0.25, -0.2) is 13.9 Å². The van der Waals surface area contributed by atoms with Gasteiger partial charge in [-0.2, -0.15) is 13.2 Å². The van der Waals surface area contributed by atoms with Crippen LogP contribution in [0.2, 0.25) is 0 Å². The molecule has 2 aliphatic heterocycles. The third-order valence-electron chi connectivity index (χ3n) is 10.5. The topological polar surface area (TPSA) is 122 Å². The first kappa shape index (κ1) is 38.8. The van der Waals surface area contributed by atoms with E-state index in [2.05, 4.69) is 21.7 Å². The Morgan fingerprint density at radius 3 is 2.14 bits per heavy atom. The van der Waals surface area contributed by atoms with Crippen molar-refractivity contribution >= 4 is 30.6 Å². The number of anilines is 3. The summed E-state index contributed by atoms with van der Waals surface area (Å²) in [6.45, 7) is 4.42. The van der Waals surface area contributed by atoms with Crippen molar-refractivity contribution in [2.24, 2.45) is 0 Å². The molecule has 2 aliphatic rings. The lowest BCUT2D eigenvalue weighted by molar-refractivity contribution is -0.697. The molecule has 58 heavy (non-hydrogen) atoms. The molecule has 1 atom stereocenters. The van der Waals surface area contributed by atoms with Crippen LogP contribution in [0.4, 0.5) is 30.2 Å². The van der Waals surface area contributed by atoms with Crippen molar-refractivity contribution in [3.8, 4) is 22.6 Å². The maximum absolute atomic E-state index is 13.5. The summed E-state index contributed by atoms with van der Waals surface area (Å²) in [5.41, 5.74) is 3.76. The zero-order chi connectivity index (χ0) is 40.7. The molecule has 0 fully saturated rings. The Kier molecular flexibility index (Phi) is 10.3. The molecular weight excluding hydrogens is 768 g/mol. The molecule has 4 heterocycles. The van der Waals surface area contributed by atoms with Gasteiger partial charge in [-0.05, 0) is 72.6 Å². The van der Waals surface area contributed by atoms with E-state index in [0.717, 1.165) is 55.0 Å². The quantitative estimate of drug-likeness (QED) is 0.0791. The minimum atomic E-state index is -4.56. The number of esters is 1. The summed E-state index contributed by atoms with van der Waals surface area (Å²) < 4.78 is 68.1. The van der Waals surface area contributed by atoms with Crippen molar-refractivity contribution in [3.63, 3.8) is 0 Å². The fourth-order valence-corrected chi connectivity index (χ4v) is 8.10. The van der Waals surface area contributed by atoms with E-state index in [0.29, 0.717) is 39.4 Å². The first-order chi connectivity index (χ1) is 27.8. The summed E-state index contributed by atoms with van der Waals surface area (Å²) in [4.78, 5) is 37.7. The maximum Gasteiger partial charge on any atom is 0.416 e. The molecule has 8 rings (SSSR count). The summed E-state index contributed by atoms with van der Waals surface area (Å²) in [5, 5.41) is 3.09. The van der Waals surface area contributed by atoms with Crippen molar-refractivity contribution in [2.45, 2.75) is 38.2 Å². The second-order valence-corrected chi connectivity index (χ2v) is 15.9. The second-order valence-electron chi connectivity index (χ2n) is 14.2. The molecule has 6 aromatic rings. The average Bonchev–Trinajstić information content (AvgIpc) is 3.51. The van der Waals surface area contributed by atoms with Gasteiger partial charge < -0.3 is 34.0 Å². The Labute approximate surface area is 332 Å². The Bertz CT molecular complexity index is 2550. The molecule has 2 aromatic heterocycles. The highest BCUT2D eigenvalue weighted by Crippen LogP contribution is 2.57. The van der Waals surface area contributed by atoms with Gasteiger partial charge in [0.05, 0.1) is 11.1 Å². The zero-order valence-corrected chi connectivity index (χ0v) is 32.2. The summed E-state index contributed by atoms with van der Waals surface area (Å²) in [6.07, 6.45) is 3.46. The number of benzene rings is 4. The standard InChI is InChI=1S/C44H38F3N4O6P/c1-2-51(20-6-19-49-21-15-30(16-22-49)31-17-23-50(24-18-31)25-26-58(53,54)55)35-12-13-38-41(29-35)56-40-14-11-34(48-33-8-5-7-32(27-33)44(45,46)47)28-39(40)43(38)37-10-4-3-9-36(37)42(52)57-43/h3-5,7-18,21-24,27-29,48H,2,6,19-20,25-26H2,1H3. The number of alkyl halides is 3. The van der Waals surface area contributed by atoms with Gasteiger partial charge in [0.25, 0.3) is 0 Å². The van der Waals surface area contributed by atoms with Crippen LogP contribution in [-0.2, 0) is 34.2 Å². The van der Waals surface area contributed by atoms with Crippen molar-refractivity contribution in [1.82, 2.24) is 0 Å². The van der Waals surface area contributed by atoms with Crippen LogP contribution < -0.4 is 33.9 Å². The van der Waals surface area contributed by atoms with Crippen LogP contribution in [0.25, 0.3) is 11.1 Å². The average molecular weight is 807 g/mol. The van der Waals surface area contributed by atoms with E-state index in [4.69, 9.17) is 9.47 Å². The zero-order valence-electron chi connectivity index (χ0n) is 31.3. The van der Waals surface area contributed by atoms with E-state index in [-0.39, 0.29) is 12.2 Å². The minimum Gasteiger partial charge on any atom is -0.811 e. The SMILES string of the molecule is CCN(CCC[n+]1ccc(-c2cc[n+](CCP(=O)([O-])[O-])cc2)cc1)c1ccc2c(c1)Oc1ccc(Nc3cccc(C(F)(F)F)c3)cc1C21OC(=O)c2ccccc21. The van der Waals surface area contributed by atoms with Gasteiger partial charge in [-0.1, -0.05) is 31.9 Å². The summed E-state index contributed by atoms with van der Waals surface area (Å²) in [6, 6.07) is 31.0. The van der Waals surface area contributed by atoms with Gasteiger partial charge in [0.2, 0.25) is 0 Å². The van der Waals surface area contributed by atoms with Crippen LogP contribution >= 0.6 is 7.60 Å². The largest absolute Gasteiger partial charge is 0.811 e. The molecule has 10 nitrogen and oxygen atoms in total. The number of ether oxygens (including phenoxy) is 2. The smallest absolute Gasteiger partial charge is 0.416 e. The van der Waals surface area contributed by atoms with Crippen LogP contribution in [0.15, 0.2) is 134 Å². The lowest BCUT2D eigenvalue weighted by Crippen LogP contribution is -2.36. The highest BCUT2D eigenvalue weighted by Gasteiger charge is 2.53. The molecule has 1 spiro atoms. The van der Waals surface area contributed by atoms with E-state index in [1.165, 1.54) is 6.07 Å². The number of halogens is 3. The number of aryl methyl sites for hydroxylation is 2. The number of carbonyl (C=O) groups is 1. The summed E-state index contributed by atoms with van der Waals surface area (Å²) in [7, 11) is -4.56. The first-order valence-electron chi connectivity index (χ1n) is 18.8. The number of nitrogens with zero attached hydrogens (tertiary/aromatic N) is 3. The molecule has 0 saturated carbocycles. The maximum atomic E-state index is 13.5. The molecule has 14 heteroatoms. The Hall–Kier alpha value is -6.01. The number of aromatic nitrogens is 2. The van der Waals surface area contributed by atoms with Crippen molar-refractivity contribution in [3.05, 3.63) is 162 Å². The van der Waals surface area contributed by atoms with Gasteiger partial charge in [0.15, 0.2) is 36.9 Å². The number of hydrogen-bond acceptors (Lipinski definition) is 8. The highest BCUT2D eigenvalue weighted by molar-refractivity contribution is 7.48. The molecule has 4 aromatic carbocycles. The third-order valence-corrected chi connectivity index (χ3v) is 11.3. The molecule has 296 valence electrons. The molecule has 0 bridgehead atoms. The molecule has 0 radical (unpaired) electrons. The fraction of sp³-hybridized carbons (Fsp3) is 0.205. The van der Waals surface area contributed by atoms with E-state index in [9.17, 15) is 32.3 Å². The molecule has 0 amide bonds. The van der Waals surface area contributed by atoms with Crippen LogP contribution in [-0.4, -0.2) is 25.2 Å².